The first kappa shape index (κ1) is 20.2. The molecular weight excluding hydrogens is 328 g/mol. The van der Waals surface area contributed by atoms with E-state index in [4.69, 9.17) is 4.74 Å². The summed E-state index contributed by atoms with van der Waals surface area (Å²) in [4.78, 5) is 18.5. The molecule has 1 heterocycles. The van der Waals surface area contributed by atoms with Crippen molar-refractivity contribution in [3.05, 3.63) is 35.9 Å². The highest BCUT2D eigenvalue weighted by Gasteiger charge is 2.15. The highest BCUT2D eigenvalue weighted by atomic mass is 16.5. The van der Waals surface area contributed by atoms with Gasteiger partial charge in [0.15, 0.2) is 5.96 Å². The number of hydrogen-bond donors (Lipinski definition) is 2. The zero-order valence-corrected chi connectivity index (χ0v) is 16.0. The van der Waals surface area contributed by atoms with E-state index < -0.39 is 0 Å². The highest BCUT2D eigenvalue weighted by Crippen LogP contribution is 2.18. The second-order valence-corrected chi connectivity index (χ2v) is 6.72. The van der Waals surface area contributed by atoms with Crippen molar-refractivity contribution in [3.63, 3.8) is 0 Å². The Morgan fingerprint density at radius 3 is 2.58 bits per heavy atom. The van der Waals surface area contributed by atoms with Crippen molar-refractivity contribution in [2.45, 2.75) is 25.7 Å². The molecule has 0 bridgehead atoms. The van der Waals surface area contributed by atoms with E-state index >= 15 is 0 Å². The van der Waals surface area contributed by atoms with Gasteiger partial charge in [-0.3, -0.25) is 9.79 Å². The molecule has 6 nitrogen and oxygen atoms in total. The first-order chi connectivity index (χ1) is 12.7. The molecule has 0 spiro atoms. The van der Waals surface area contributed by atoms with Gasteiger partial charge in [-0.25, -0.2) is 0 Å². The van der Waals surface area contributed by atoms with Crippen molar-refractivity contribution in [2.75, 3.05) is 46.9 Å². The van der Waals surface area contributed by atoms with Crippen LogP contribution in [0, 0.1) is 5.92 Å². The van der Waals surface area contributed by atoms with Gasteiger partial charge in [-0.1, -0.05) is 18.2 Å². The van der Waals surface area contributed by atoms with Crippen LogP contribution >= 0.6 is 0 Å². The Labute approximate surface area is 157 Å². The third kappa shape index (κ3) is 7.04. The van der Waals surface area contributed by atoms with Crippen molar-refractivity contribution in [3.8, 4) is 0 Å². The van der Waals surface area contributed by atoms with E-state index in [0.717, 1.165) is 44.6 Å². The number of ether oxygens (including phenoxy) is 1. The smallest absolute Gasteiger partial charge is 0.251 e. The van der Waals surface area contributed by atoms with E-state index in [-0.39, 0.29) is 5.91 Å². The van der Waals surface area contributed by atoms with Gasteiger partial charge >= 0.3 is 0 Å². The molecule has 1 aromatic rings. The summed E-state index contributed by atoms with van der Waals surface area (Å²) in [6.45, 7) is 4.22. The number of carbonyl (C=O) groups excluding carboxylic acids is 1. The van der Waals surface area contributed by atoms with Gasteiger partial charge in [0.25, 0.3) is 5.91 Å². The normalized spacial score (nSPS) is 15.5. The van der Waals surface area contributed by atoms with Crippen LogP contribution in [0.25, 0.3) is 0 Å². The standard InChI is InChI=1S/C20H32N4O2/c1-21-20(24(2)14-9-17-10-15-26-16-11-17)23-13-6-12-22-19(25)18-7-4-3-5-8-18/h3-5,7-8,17H,6,9-16H2,1-2H3,(H,21,23)(H,22,25). The largest absolute Gasteiger partial charge is 0.381 e. The van der Waals surface area contributed by atoms with Crippen molar-refractivity contribution >= 4 is 11.9 Å². The maximum absolute atomic E-state index is 12.0. The van der Waals surface area contributed by atoms with Gasteiger partial charge in [0.05, 0.1) is 0 Å². The lowest BCUT2D eigenvalue weighted by atomic mass is 9.96. The lowest BCUT2D eigenvalue weighted by molar-refractivity contribution is 0.0625. The predicted molar refractivity (Wildman–Crippen MR) is 106 cm³/mol. The van der Waals surface area contributed by atoms with E-state index in [1.165, 1.54) is 19.3 Å². The first-order valence-electron chi connectivity index (χ1n) is 9.53. The summed E-state index contributed by atoms with van der Waals surface area (Å²) in [6, 6.07) is 9.30. The summed E-state index contributed by atoms with van der Waals surface area (Å²) >= 11 is 0. The molecule has 0 radical (unpaired) electrons. The molecular formula is C20H32N4O2. The van der Waals surface area contributed by atoms with Crippen LogP contribution in [0.1, 0.15) is 36.0 Å². The number of nitrogens with zero attached hydrogens (tertiary/aromatic N) is 2. The molecule has 0 atom stereocenters. The maximum atomic E-state index is 12.0. The summed E-state index contributed by atoms with van der Waals surface area (Å²) in [5.74, 6) is 1.65. The van der Waals surface area contributed by atoms with Gasteiger partial charge in [0.2, 0.25) is 0 Å². The molecule has 0 unspecified atom stereocenters. The molecule has 0 aromatic heterocycles. The topological polar surface area (TPSA) is 66.0 Å². The molecule has 1 fully saturated rings. The monoisotopic (exact) mass is 360 g/mol. The van der Waals surface area contributed by atoms with Crippen LogP contribution in [0.5, 0.6) is 0 Å². The molecule has 26 heavy (non-hydrogen) atoms. The van der Waals surface area contributed by atoms with Crippen LogP contribution in [0.3, 0.4) is 0 Å². The van der Waals surface area contributed by atoms with Crippen LogP contribution in [-0.2, 0) is 4.74 Å². The molecule has 144 valence electrons. The van der Waals surface area contributed by atoms with Crippen LogP contribution in [0.2, 0.25) is 0 Å². The Kier molecular flexibility index (Phi) is 8.96. The Bertz CT molecular complexity index is 556. The average Bonchev–Trinajstić information content (AvgIpc) is 2.70. The average molecular weight is 361 g/mol. The summed E-state index contributed by atoms with van der Waals surface area (Å²) in [5, 5.41) is 6.31. The summed E-state index contributed by atoms with van der Waals surface area (Å²) in [7, 11) is 3.89. The van der Waals surface area contributed by atoms with Gasteiger partial charge in [0, 0.05) is 52.5 Å². The number of aliphatic imine (C=N–C) groups is 1. The van der Waals surface area contributed by atoms with E-state index in [2.05, 4.69) is 27.6 Å². The van der Waals surface area contributed by atoms with Gasteiger partial charge in [0.1, 0.15) is 0 Å². The minimum absolute atomic E-state index is 0.0245. The molecule has 1 aliphatic rings. The Morgan fingerprint density at radius 1 is 1.19 bits per heavy atom. The summed E-state index contributed by atoms with van der Waals surface area (Å²) in [6.07, 6.45) is 4.36. The molecule has 0 aliphatic carbocycles. The molecule has 2 N–H and O–H groups in total. The van der Waals surface area contributed by atoms with Gasteiger partial charge in [-0.2, -0.15) is 0 Å². The van der Waals surface area contributed by atoms with Crippen molar-refractivity contribution in [1.29, 1.82) is 0 Å². The minimum Gasteiger partial charge on any atom is -0.381 e. The van der Waals surface area contributed by atoms with E-state index in [1.807, 2.05) is 37.4 Å². The first-order valence-corrected chi connectivity index (χ1v) is 9.53. The second-order valence-electron chi connectivity index (χ2n) is 6.72. The van der Waals surface area contributed by atoms with Crippen LogP contribution in [0.15, 0.2) is 35.3 Å². The SMILES string of the molecule is CN=C(NCCCNC(=O)c1ccccc1)N(C)CCC1CCOCC1. The number of amides is 1. The number of benzene rings is 1. The van der Waals surface area contributed by atoms with Gasteiger partial charge in [-0.05, 0) is 43.7 Å². The molecule has 6 heteroatoms. The molecule has 0 saturated carbocycles. The van der Waals surface area contributed by atoms with Crippen LogP contribution in [0.4, 0.5) is 0 Å². The number of carbonyl (C=O) groups is 1. The third-order valence-corrected chi connectivity index (χ3v) is 4.75. The second kappa shape index (κ2) is 11.5. The highest BCUT2D eigenvalue weighted by molar-refractivity contribution is 5.94. The fourth-order valence-corrected chi connectivity index (χ4v) is 3.08. The fraction of sp³-hybridized carbons (Fsp3) is 0.600. The quantitative estimate of drug-likeness (QED) is 0.423. The van der Waals surface area contributed by atoms with Crippen molar-refractivity contribution in [2.24, 2.45) is 10.9 Å². The zero-order valence-electron chi connectivity index (χ0n) is 16.0. The van der Waals surface area contributed by atoms with Crippen molar-refractivity contribution < 1.29 is 9.53 Å². The molecule has 1 aromatic carbocycles. The maximum Gasteiger partial charge on any atom is 0.251 e. The number of rotatable bonds is 8. The molecule has 2 rings (SSSR count). The van der Waals surface area contributed by atoms with Crippen molar-refractivity contribution in [1.82, 2.24) is 15.5 Å². The molecule has 1 saturated heterocycles. The number of guanidine groups is 1. The van der Waals surface area contributed by atoms with E-state index in [9.17, 15) is 4.79 Å². The lowest BCUT2D eigenvalue weighted by Crippen LogP contribution is -2.41. The van der Waals surface area contributed by atoms with E-state index in [0.29, 0.717) is 12.1 Å². The Balaban J connectivity index is 1.59. The summed E-state index contributed by atoms with van der Waals surface area (Å²) < 4.78 is 5.42. The van der Waals surface area contributed by atoms with Gasteiger partial charge in [-0.15, -0.1) is 0 Å². The lowest BCUT2D eigenvalue weighted by Gasteiger charge is -2.26. The van der Waals surface area contributed by atoms with Gasteiger partial charge < -0.3 is 20.3 Å². The number of hydrogen-bond acceptors (Lipinski definition) is 3. The van der Waals surface area contributed by atoms with E-state index in [1.54, 1.807) is 0 Å². The third-order valence-electron chi connectivity index (χ3n) is 4.75. The van der Waals surface area contributed by atoms with Crippen LogP contribution in [-0.4, -0.2) is 63.7 Å². The Hall–Kier alpha value is -2.08. The fourth-order valence-electron chi connectivity index (χ4n) is 3.08. The summed E-state index contributed by atoms with van der Waals surface area (Å²) in [5.41, 5.74) is 0.698. The predicted octanol–water partition coefficient (Wildman–Crippen LogP) is 2.13. The number of nitrogens with one attached hydrogen (secondary N) is 2. The Morgan fingerprint density at radius 2 is 1.88 bits per heavy atom. The van der Waals surface area contributed by atoms with Crippen LogP contribution < -0.4 is 10.6 Å². The molecule has 1 aliphatic heterocycles. The minimum atomic E-state index is -0.0245. The zero-order chi connectivity index (χ0) is 18.6. The molecule has 1 amide bonds.